The minimum absolute atomic E-state index is 0.0685. The number of ether oxygens (including phenoxy) is 1. The molecule has 2 rings (SSSR count). The molecule has 1 saturated carbocycles. The van der Waals surface area contributed by atoms with Crippen LogP contribution in [0.25, 0.3) is 0 Å². The normalized spacial score (nSPS) is 17.7. The maximum atomic E-state index is 12.3. The van der Waals surface area contributed by atoms with Crippen LogP contribution in [0.1, 0.15) is 50.9 Å². The number of ketones is 1. The van der Waals surface area contributed by atoms with Crippen LogP contribution >= 0.6 is 0 Å². The van der Waals surface area contributed by atoms with Crippen molar-refractivity contribution >= 4 is 11.8 Å². The second kappa shape index (κ2) is 5.39. The molecule has 120 valence electrons. The number of nitrogens with two attached hydrogens (primary N) is 1. The molecule has 1 aromatic carbocycles. The van der Waals surface area contributed by atoms with Gasteiger partial charge in [-0.25, -0.2) is 0 Å². The molecule has 0 amide bonds. The number of esters is 1. The lowest BCUT2D eigenvalue weighted by Gasteiger charge is -2.25. The number of Topliss-reactive ketones (excluding diaryl/α,β-unsaturated/α-hetero) is 1. The molecule has 1 fully saturated rings. The van der Waals surface area contributed by atoms with E-state index < -0.39 is 11.5 Å². The van der Waals surface area contributed by atoms with Gasteiger partial charge in [0, 0.05) is 5.56 Å². The Kier molecular flexibility index (Phi) is 4.04. The van der Waals surface area contributed by atoms with Crippen LogP contribution in [0, 0.1) is 10.8 Å². The molecule has 1 aliphatic rings. The van der Waals surface area contributed by atoms with Gasteiger partial charge in [0.1, 0.15) is 0 Å². The highest BCUT2D eigenvalue weighted by molar-refractivity contribution is 6.01. The minimum atomic E-state index is -0.675. The summed E-state index contributed by atoms with van der Waals surface area (Å²) in [7, 11) is 0. The van der Waals surface area contributed by atoms with Crippen LogP contribution < -0.4 is 10.5 Å². The summed E-state index contributed by atoms with van der Waals surface area (Å²) in [4.78, 5) is 24.2. The van der Waals surface area contributed by atoms with E-state index in [4.69, 9.17) is 10.5 Å². The monoisotopic (exact) mass is 305 g/mol. The van der Waals surface area contributed by atoms with Gasteiger partial charge in [-0.1, -0.05) is 20.8 Å². The van der Waals surface area contributed by atoms with Crippen LogP contribution in [0.2, 0.25) is 0 Å². The fourth-order valence-electron chi connectivity index (χ4n) is 1.94. The molecule has 0 aromatic heterocycles. The van der Waals surface area contributed by atoms with Gasteiger partial charge in [-0.15, -0.1) is 0 Å². The van der Waals surface area contributed by atoms with Crippen LogP contribution in [-0.2, 0) is 4.79 Å². The summed E-state index contributed by atoms with van der Waals surface area (Å²) < 4.78 is 5.20. The molecule has 0 heterocycles. The smallest absolute Gasteiger partial charge is 0.317 e. The number of hydrogen-bond acceptors (Lipinski definition) is 5. The van der Waals surface area contributed by atoms with Gasteiger partial charge in [-0.2, -0.15) is 0 Å². The van der Waals surface area contributed by atoms with Gasteiger partial charge in [0.25, 0.3) is 0 Å². The van der Waals surface area contributed by atoms with E-state index in [1.165, 1.54) is 18.2 Å². The fraction of sp³-hybridized carbons (Fsp3) is 0.529. The predicted molar refractivity (Wildman–Crippen MR) is 82.8 cm³/mol. The number of benzene rings is 1. The molecule has 5 nitrogen and oxygen atoms in total. The largest absolute Gasteiger partial charge is 0.504 e. The molecule has 1 unspecified atom stereocenters. The van der Waals surface area contributed by atoms with Crippen molar-refractivity contribution in [3.63, 3.8) is 0 Å². The van der Waals surface area contributed by atoms with E-state index in [0.29, 0.717) is 5.56 Å². The lowest BCUT2D eigenvalue weighted by Crippen LogP contribution is -2.42. The number of rotatable bonds is 4. The summed E-state index contributed by atoms with van der Waals surface area (Å²) in [6, 6.07) is 3.57. The summed E-state index contributed by atoms with van der Waals surface area (Å²) >= 11 is 0. The molecule has 1 aromatic rings. The number of phenols is 1. The Bertz CT molecular complexity index is 612. The summed E-state index contributed by atoms with van der Waals surface area (Å²) in [5, 5.41) is 9.99. The number of aromatic hydroxyl groups is 1. The topological polar surface area (TPSA) is 89.6 Å². The van der Waals surface area contributed by atoms with Crippen molar-refractivity contribution in [2.75, 3.05) is 0 Å². The SMILES string of the molecule is CC1(C(=O)Oc2ccc(C(=O)C(N)C(C)(C)C)cc2O)CC1. The molecule has 1 atom stereocenters. The molecule has 1 aliphatic carbocycles. The first-order valence-corrected chi connectivity index (χ1v) is 7.40. The Labute approximate surface area is 130 Å². The van der Waals surface area contributed by atoms with E-state index in [9.17, 15) is 14.7 Å². The van der Waals surface area contributed by atoms with Crippen molar-refractivity contribution < 1.29 is 19.4 Å². The fourth-order valence-corrected chi connectivity index (χ4v) is 1.94. The third kappa shape index (κ3) is 3.30. The van der Waals surface area contributed by atoms with Gasteiger partial charge in [-0.3, -0.25) is 9.59 Å². The van der Waals surface area contributed by atoms with Gasteiger partial charge in [0.05, 0.1) is 11.5 Å². The van der Waals surface area contributed by atoms with Crippen LogP contribution in [0.15, 0.2) is 18.2 Å². The zero-order valence-corrected chi connectivity index (χ0v) is 13.5. The second-order valence-electron chi connectivity index (χ2n) is 7.34. The van der Waals surface area contributed by atoms with Gasteiger partial charge in [-0.05, 0) is 43.4 Å². The predicted octanol–water partition coefficient (Wildman–Crippen LogP) is 2.65. The molecule has 0 aliphatic heterocycles. The minimum Gasteiger partial charge on any atom is -0.504 e. The van der Waals surface area contributed by atoms with Crippen LogP contribution in [0.4, 0.5) is 0 Å². The lowest BCUT2D eigenvalue weighted by atomic mass is 9.83. The molecular weight excluding hydrogens is 282 g/mol. The molecule has 3 N–H and O–H groups in total. The Morgan fingerprint density at radius 1 is 1.32 bits per heavy atom. The molecule has 5 heteroatoms. The summed E-state index contributed by atoms with van der Waals surface area (Å²) in [6.45, 7) is 7.46. The highest BCUT2D eigenvalue weighted by Gasteiger charge is 2.47. The van der Waals surface area contributed by atoms with Gasteiger partial charge < -0.3 is 15.6 Å². The van der Waals surface area contributed by atoms with Gasteiger partial charge in [0.2, 0.25) is 0 Å². The third-order valence-corrected chi connectivity index (χ3v) is 4.15. The summed E-state index contributed by atoms with van der Waals surface area (Å²) in [6.07, 6.45) is 1.59. The summed E-state index contributed by atoms with van der Waals surface area (Å²) in [5.74, 6) is -0.772. The van der Waals surface area contributed by atoms with Gasteiger partial charge >= 0.3 is 5.97 Å². The Hall–Kier alpha value is -1.88. The first kappa shape index (κ1) is 16.5. The second-order valence-corrected chi connectivity index (χ2v) is 7.34. The average molecular weight is 305 g/mol. The molecular formula is C17H23NO4. The van der Waals surface area contributed by atoms with Crippen molar-refractivity contribution in [1.29, 1.82) is 0 Å². The third-order valence-electron chi connectivity index (χ3n) is 4.15. The Morgan fingerprint density at radius 3 is 2.36 bits per heavy atom. The molecule has 0 radical (unpaired) electrons. The maximum absolute atomic E-state index is 12.3. The molecule has 22 heavy (non-hydrogen) atoms. The van der Waals surface area contributed by atoms with Crippen molar-refractivity contribution in [1.82, 2.24) is 0 Å². The average Bonchev–Trinajstić information content (AvgIpc) is 3.17. The van der Waals surface area contributed by atoms with Crippen LogP contribution in [-0.4, -0.2) is 22.9 Å². The van der Waals surface area contributed by atoms with E-state index in [0.717, 1.165) is 12.8 Å². The van der Waals surface area contributed by atoms with Crippen molar-refractivity contribution in [3.05, 3.63) is 23.8 Å². The zero-order valence-electron chi connectivity index (χ0n) is 13.5. The molecule has 0 bridgehead atoms. The van der Waals surface area contributed by atoms with Crippen molar-refractivity contribution in [3.8, 4) is 11.5 Å². The summed E-state index contributed by atoms with van der Waals surface area (Å²) in [5.41, 5.74) is 5.44. The zero-order chi connectivity index (χ0) is 16.7. The highest BCUT2D eigenvalue weighted by atomic mass is 16.5. The molecule has 0 saturated heterocycles. The lowest BCUT2D eigenvalue weighted by molar-refractivity contribution is -0.139. The first-order chi connectivity index (χ1) is 10.0. The maximum Gasteiger partial charge on any atom is 0.317 e. The standard InChI is InChI=1S/C17H23NO4/c1-16(2,3)14(18)13(20)10-5-6-12(11(19)9-10)22-15(21)17(4)7-8-17/h5-6,9,14,19H,7-8,18H2,1-4H3. The number of carbonyl (C=O) groups excluding carboxylic acids is 2. The van der Waals surface area contributed by atoms with E-state index >= 15 is 0 Å². The van der Waals surface area contributed by atoms with E-state index in [1.807, 2.05) is 27.7 Å². The van der Waals surface area contributed by atoms with Crippen molar-refractivity contribution in [2.24, 2.45) is 16.6 Å². The number of phenolic OH excluding ortho intramolecular Hbond substituents is 1. The quantitative estimate of drug-likeness (QED) is 0.507. The first-order valence-electron chi connectivity index (χ1n) is 7.40. The van der Waals surface area contributed by atoms with Gasteiger partial charge in [0.15, 0.2) is 17.3 Å². The molecule has 0 spiro atoms. The Morgan fingerprint density at radius 2 is 1.91 bits per heavy atom. The highest BCUT2D eigenvalue weighted by Crippen LogP contribution is 2.46. The van der Waals surface area contributed by atoms with Crippen LogP contribution in [0.3, 0.4) is 0 Å². The number of hydrogen-bond donors (Lipinski definition) is 2. The van der Waals surface area contributed by atoms with Crippen molar-refractivity contribution in [2.45, 2.75) is 46.6 Å². The van der Waals surface area contributed by atoms with E-state index in [1.54, 1.807) is 0 Å². The van der Waals surface area contributed by atoms with E-state index in [2.05, 4.69) is 0 Å². The number of carbonyl (C=O) groups is 2. The van der Waals surface area contributed by atoms with Crippen LogP contribution in [0.5, 0.6) is 11.5 Å². The Balaban J connectivity index is 2.16. The van der Waals surface area contributed by atoms with E-state index in [-0.39, 0.29) is 28.7 Å².